The van der Waals surface area contributed by atoms with E-state index in [1.807, 2.05) is 18.2 Å². The predicted octanol–water partition coefficient (Wildman–Crippen LogP) is 0.880. The highest BCUT2D eigenvalue weighted by Crippen LogP contribution is 2.30. The molecule has 2 N–H and O–H groups in total. The lowest BCUT2D eigenvalue weighted by molar-refractivity contribution is 0.354. The van der Waals surface area contributed by atoms with Crippen molar-refractivity contribution in [2.75, 3.05) is 14.2 Å². The minimum absolute atomic E-state index is 0.383. The van der Waals surface area contributed by atoms with Crippen LogP contribution in [0, 0.1) is 0 Å². The second-order valence-corrected chi connectivity index (χ2v) is 3.87. The summed E-state index contributed by atoms with van der Waals surface area (Å²) in [6.45, 7) is 0. The molecule has 0 aliphatic carbocycles. The van der Waals surface area contributed by atoms with Crippen LogP contribution in [0.3, 0.4) is 0 Å². The Labute approximate surface area is 105 Å². The van der Waals surface area contributed by atoms with Crippen LogP contribution in [0.4, 0.5) is 0 Å². The van der Waals surface area contributed by atoms with E-state index in [1.165, 1.54) is 0 Å². The van der Waals surface area contributed by atoms with Crippen LogP contribution in [0.5, 0.6) is 11.5 Å². The van der Waals surface area contributed by atoms with Crippen molar-refractivity contribution in [2.45, 2.75) is 6.04 Å². The predicted molar refractivity (Wildman–Crippen MR) is 66.6 cm³/mol. The van der Waals surface area contributed by atoms with Gasteiger partial charge < -0.3 is 15.2 Å². The second-order valence-electron chi connectivity index (χ2n) is 3.87. The van der Waals surface area contributed by atoms with Gasteiger partial charge in [-0.3, -0.25) is 4.68 Å². The molecule has 0 radical (unpaired) electrons. The van der Waals surface area contributed by atoms with Gasteiger partial charge in [0.15, 0.2) is 17.3 Å². The number of aryl methyl sites for hydroxylation is 1. The molecular formula is C12H16N4O2. The lowest BCUT2D eigenvalue weighted by Gasteiger charge is -2.12. The van der Waals surface area contributed by atoms with Crippen LogP contribution in [0.2, 0.25) is 0 Å². The molecule has 0 saturated heterocycles. The first kappa shape index (κ1) is 12.4. The zero-order chi connectivity index (χ0) is 13.1. The fourth-order valence-corrected chi connectivity index (χ4v) is 1.69. The highest BCUT2D eigenvalue weighted by atomic mass is 16.5. The molecule has 1 aromatic carbocycles. The summed E-state index contributed by atoms with van der Waals surface area (Å²) in [6.07, 6.45) is 1.62. The molecule has 2 rings (SSSR count). The van der Waals surface area contributed by atoms with Crippen molar-refractivity contribution in [3.63, 3.8) is 0 Å². The molecular weight excluding hydrogens is 232 g/mol. The minimum Gasteiger partial charge on any atom is -0.493 e. The number of nitrogens with zero attached hydrogens (tertiary/aromatic N) is 3. The Hall–Kier alpha value is -2.08. The third-order valence-corrected chi connectivity index (χ3v) is 2.66. The lowest BCUT2D eigenvalue weighted by atomic mass is 10.1. The average Bonchev–Trinajstić information content (AvgIpc) is 2.83. The molecule has 1 atom stereocenters. The van der Waals surface area contributed by atoms with Crippen LogP contribution < -0.4 is 15.2 Å². The highest BCUT2D eigenvalue weighted by Gasteiger charge is 2.15. The summed E-state index contributed by atoms with van der Waals surface area (Å²) in [7, 11) is 4.99. The van der Waals surface area contributed by atoms with E-state index in [2.05, 4.69) is 10.1 Å². The number of hydrogen-bond acceptors (Lipinski definition) is 5. The summed E-state index contributed by atoms with van der Waals surface area (Å²) < 4.78 is 12.0. The molecule has 0 fully saturated rings. The number of benzene rings is 1. The van der Waals surface area contributed by atoms with E-state index in [0.29, 0.717) is 17.3 Å². The molecule has 18 heavy (non-hydrogen) atoms. The number of rotatable bonds is 4. The third kappa shape index (κ3) is 2.28. The van der Waals surface area contributed by atoms with Gasteiger partial charge in [-0.15, -0.1) is 0 Å². The maximum atomic E-state index is 6.11. The normalized spacial score (nSPS) is 12.2. The van der Waals surface area contributed by atoms with E-state index < -0.39 is 0 Å². The van der Waals surface area contributed by atoms with Crippen molar-refractivity contribution in [1.29, 1.82) is 0 Å². The summed E-state index contributed by atoms with van der Waals surface area (Å²) in [4.78, 5) is 4.14. The zero-order valence-corrected chi connectivity index (χ0v) is 10.6. The van der Waals surface area contributed by atoms with Gasteiger partial charge in [0.2, 0.25) is 0 Å². The fourth-order valence-electron chi connectivity index (χ4n) is 1.69. The van der Waals surface area contributed by atoms with Gasteiger partial charge in [-0.25, -0.2) is 4.98 Å². The van der Waals surface area contributed by atoms with E-state index in [9.17, 15) is 0 Å². The highest BCUT2D eigenvalue weighted by molar-refractivity contribution is 5.44. The summed E-state index contributed by atoms with van der Waals surface area (Å²) >= 11 is 0. The van der Waals surface area contributed by atoms with Crippen molar-refractivity contribution in [3.8, 4) is 11.5 Å². The molecule has 1 aromatic heterocycles. The van der Waals surface area contributed by atoms with Crippen LogP contribution in [-0.4, -0.2) is 29.0 Å². The standard InChI is InChI=1S/C12H16N4O2/c1-16-7-14-12(15-16)11(13)8-4-5-9(17-2)10(6-8)18-3/h4-7,11H,13H2,1-3H3/t11-/m1/s1. The summed E-state index contributed by atoms with van der Waals surface area (Å²) in [6, 6.07) is 5.14. The Bertz CT molecular complexity index is 539. The van der Waals surface area contributed by atoms with Crippen LogP contribution in [0.1, 0.15) is 17.4 Å². The van der Waals surface area contributed by atoms with E-state index in [4.69, 9.17) is 15.2 Å². The smallest absolute Gasteiger partial charge is 0.171 e. The van der Waals surface area contributed by atoms with Crippen molar-refractivity contribution in [1.82, 2.24) is 14.8 Å². The van der Waals surface area contributed by atoms with Crippen LogP contribution >= 0.6 is 0 Å². The number of hydrogen-bond donors (Lipinski definition) is 1. The first-order valence-corrected chi connectivity index (χ1v) is 5.48. The van der Waals surface area contributed by atoms with Gasteiger partial charge in [0.25, 0.3) is 0 Å². The molecule has 1 heterocycles. The largest absolute Gasteiger partial charge is 0.493 e. The zero-order valence-electron chi connectivity index (χ0n) is 10.6. The summed E-state index contributed by atoms with van der Waals surface area (Å²) in [5.74, 6) is 1.88. The van der Waals surface area contributed by atoms with Crippen molar-refractivity contribution >= 4 is 0 Å². The molecule has 6 heteroatoms. The Morgan fingerprint density at radius 2 is 1.94 bits per heavy atom. The molecule has 96 valence electrons. The van der Waals surface area contributed by atoms with Crippen LogP contribution in [0.15, 0.2) is 24.5 Å². The van der Waals surface area contributed by atoms with E-state index in [1.54, 1.807) is 32.3 Å². The van der Waals surface area contributed by atoms with Crippen LogP contribution in [0.25, 0.3) is 0 Å². The molecule has 0 amide bonds. The Morgan fingerprint density at radius 3 is 2.50 bits per heavy atom. The Morgan fingerprint density at radius 1 is 1.22 bits per heavy atom. The molecule has 0 saturated carbocycles. The lowest BCUT2D eigenvalue weighted by Crippen LogP contribution is -2.14. The molecule has 2 aromatic rings. The monoisotopic (exact) mass is 248 g/mol. The Kier molecular flexibility index (Phi) is 3.47. The maximum Gasteiger partial charge on any atom is 0.171 e. The first-order chi connectivity index (χ1) is 8.65. The number of aromatic nitrogens is 3. The summed E-state index contributed by atoms with van der Waals surface area (Å²) in [5, 5.41) is 4.19. The van der Waals surface area contributed by atoms with Gasteiger partial charge in [0, 0.05) is 7.05 Å². The summed E-state index contributed by atoms with van der Waals surface area (Å²) in [5.41, 5.74) is 6.98. The SMILES string of the molecule is COc1ccc([C@@H](N)c2ncn(C)n2)cc1OC. The quantitative estimate of drug-likeness (QED) is 0.869. The topological polar surface area (TPSA) is 75.2 Å². The van der Waals surface area contributed by atoms with Gasteiger partial charge in [-0.05, 0) is 17.7 Å². The first-order valence-electron chi connectivity index (χ1n) is 5.48. The van der Waals surface area contributed by atoms with Gasteiger partial charge >= 0.3 is 0 Å². The molecule has 0 unspecified atom stereocenters. The maximum absolute atomic E-state index is 6.11. The third-order valence-electron chi connectivity index (χ3n) is 2.66. The fraction of sp³-hybridized carbons (Fsp3) is 0.333. The van der Waals surface area contributed by atoms with Gasteiger partial charge in [-0.1, -0.05) is 6.07 Å². The van der Waals surface area contributed by atoms with Gasteiger partial charge in [-0.2, -0.15) is 5.10 Å². The van der Waals surface area contributed by atoms with E-state index in [0.717, 1.165) is 5.56 Å². The molecule has 6 nitrogen and oxygen atoms in total. The Balaban J connectivity index is 2.33. The minimum atomic E-state index is -0.383. The second kappa shape index (κ2) is 5.05. The van der Waals surface area contributed by atoms with Crippen molar-refractivity contribution in [3.05, 3.63) is 35.9 Å². The van der Waals surface area contributed by atoms with E-state index in [-0.39, 0.29) is 6.04 Å². The number of methoxy groups -OCH3 is 2. The van der Waals surface area contributed by atoms with Gasteiger partial charge in [0.1, 0.15) is 6.33 Å². The van der Waals surface area contributed by atoms with E-state index >= 15 is 0 Å². The molecule has 0 spiro atoms. The molecule has 0 aliphatic heterocycles. The number of nitrogens with two attached hydrogens (primary N) is 1. The van der Waals surface area contributed by atoms with Crippen LogP contribution in [-0.2, 0) is 7.05 Å². The average molecular weight is 248 g/mol. The molecule has 0 aliphatic rings. The van der Waals surface area contributed by atoms with Gasteiger partial charge in [0.05, 0.1) is 20.3 Å². The molecule has 0 bridgehead atoms. The van der Waals surface area contributed by atoms with Crippen molar-refractivity contribution in [2.24, 2.45) is 12.8 Å². The van der Waals surface area contributed by atoms with Crippen molar-refractivity contribution < 1.29 is 9.47 Å². The number of ether oxygens (including phenoxy) is 2.